The molecule has 2 N–H and O–H groups in total. The summed E-state index contributed by atoms with van der Waals surface area (Å²) in [4.78, 5) is 8.35. The van der Waals surface area contributed by atoms with Crippen molar-refractivity contribution in [2.45, 2.75) is 32.7 Å². The van der Waals surface area contributed by atoms with E-state index in [0.29, 0.717) is 5.82 Å². The Hall–Kier alpha value is -1.40. The molecule has 0 aliphatic rings. The fraction of sp³-hybridized carbons (Fsp3) is 0.455. The van der Waals surface area contributed by atoms with E-state index in [1.165, 1.54) is 0 Å². The second kappa shape index (κ2) is 5.36. The summed E-state index contributed by atoms with van der Waals surface area (Å²) in [5, 5.41) is 0. The molecule has 0 bridgehead atoms. The normalized spacial score (nSPS) is 11.6. The lowest BCUT2D eigenvalue weighted by molar-refractivity contribution is 0.623. The van der Waals surface area contributed by atoms with Crippen LogP contribution in [0.25, 0.3) is 0 Å². The van der Waals surface area contributed by atoms with Crippen molar-refractivity contribution < 1.29 is 0 Å². The Morgan fingerprint density at radius 2 is 2.07 bits per heavy atom. The molecule has 0 aliphatic carbocycles. The molecule has 1 unspecified atom stereocenters. The van der Waals surface area contributed by atoms with E-state index in [-0.39, 0.29) is 6.04 Å². The van der Waals surface area contributed by atoms with Gasteiger partial charge in [0.2, 0.25) is 0 Å². The van der Waals surface area contributed by atoms with E-state index in [1.54, 1.807) is 12.4 Å². The minimum absolute atomic E-state index is 0.101. The maximum absolute atomic E-state index is 5.89. The Morgan fingerprint density at radius 3 is 2.64 bits per heavy atom. The lowest BCUT2D eigenvalue weighted by Crippen LogP contribution is -2.13. The highest BCUT2D eigenvalue weighted by atomic mass is 14.9. The summed E-state index contributed by atoms with van der Waals surface area (Å²) < 4.78 is 0. The molecule has 0 radical (unpaired) electrons. The van der Waals surface area contributed by atoms with Crippen LogP contribution < -0.4 is 5.73 Å². The van der Waals surface area contributed by atoms with Gasteiger partial charge in [-0.05, 0) is 25.8 Å². The molecule has 0 fully saturated rings. The first-order valence-corrected chi connectivity index (χ1v) is 4.67. The van der Waals surface area contributed by atoms with Crippen LogP contribution in [0.3, 0.4) is 0 Å². The quantitative estimate of drug-likeness (QED) is 0.734. The van der Waals surface area contributed by atoms with Crippen LogP contribution in [0, 0.1) is 18.8 Å². The molecule has 74 valence electrons. The highest BCUT2D eigenvalue weighted by molar-refractivity contribution is 5.05. The number of aromatic nitrogens is 2. The standard InChI is InChI=1S/C11H15N3/c1-3-4-5-6-10(12)11-13-7-9(2)8-14-11/h7-8,10H,5-6,12H2,1-2H3. The van der Waals surface area contributed by atoms with Crippen LogP contribution >= 0.6 is 0 Å². The monoisotopic (exact) mass is 189 g/mol. The van der Waals surface area contributed by atoms with E-state index in [1.807, 2.05) is 13.8 Å². The zero-order valence-corrected chi connectivity index (χ0v) is 8.62. The molecule has 3 heteroatoms. The molecule has 1 rings (SSSR count). The van der Waals surface area contributed by atoms with Gasteiger partial charge in [0, 0.05) is 18.8 Å². The summed E-state index contributed by atoms with van der Waals surface area (Å²) in [6.07, 6.45) is 5.18. The molecule has 3 nitrogen and oxygen atoms in total. The maximum atomic E-state index is 5.89. The number of hydrogen-bond acceptors (Lipinski definition) is 3. The third-order valence-corrected chi connectivity index (χ3v) is 1.89. The number of nitrogens with zero attached hydrogens (tertiary/aromatic N) is 2. The third-order valence-electron chi connectivity index (χ3n) is 1.89. The van der Waals surface area contributed by atoms with Gasteiger partial charge in [-0.1, -0.05) is 0 Å². The first-order chi connectivity index (χ1) is 6.74. The Labute approximate surface area is 84.8 Å². The molecule has 0 aromatic carbocycles. The molecule has 0 spiro atoms. The van der Waals surface area contributed by atoms with Crippen molar-refractivity contribution in [2.24, 2.45) is 5.73 Å². The highest BCUT2D eigenvalue weighted by Gasteiger charge is 2.06. The zero-order chi connectivity index (χ0) is 10.4. The SMILES string of the molecule is CC#CCCC(N)c1ncc(C)cn1. The first-order valence-electron chi connectivity index (χ1n) is 4.67. The van der Waals surface area contributed by atoms with E-state index in [9.17, 15) is 0 Å². The van der Waals surface area contributed by atoms with Gasteiger partial charge in [-0.15, -0.1) is 11.8 Å². The summed E-state index contributed by atoms with van der Waals surface area (Å²) in [5.41, 5.74) is 6.94. The Kier molecular flexibility index (Phi) is 4.09. The Morgan fingerprint density at radius 1 is 1.43 bits per heavy atom. The molecule has 1 heterocycles. The molecule has 0 amide bonds. The van der Waals surface area contributed by atoms with Crippen molar-refractivity contribution in [1.29, 1.82) is 0 Å². The van der Waals surface area contributed by atoms with Crippen LogP contribution in [-0.4, -0.2) is 9.97 Å². The topological polar surface area (TPSA) is 51.8 Å². The molecule has 0 saturated heterocycles. The van der Waals surface area contributed by atoms with Crippen LogP contribution in [0.5, 0.6) is 0 Å². The number of aryl methyl sites for hydroxylation is 1. The third kappa shape index (κ3) is 3.15. The van der Waals surface area contributed by atoms with E-state index >= 15 is 0 Å². The molecule has 0 aliphatic heterocycles. The van der Waals surface area contributed by atoms with E-state index in [2.05, 4.69) is 21.8 Å². The predicted octanol–water partition coefficient (Wildman–Crippen LogP) is 1.59. The lowest BCUT2D eigenvalue weighted by Gasteiger charge is -2.07. The first kappa shape index (κ1) is 10.7. The van der Waals surface area contributed by atoms with Gasteiger partial charge in [-0.25, -0.2) is 9.97 Å². The van der Waals surface area contributed by atoms with Gasteiger partial charge in [0.25, 0.3) is 0 Å². The van der Waals surface area contributed by atoms with Crippen molar-refractivity contribution in [3.05, 3.63) is 23.8 Å². The summed E-state index contributed by atoms with van der Waals surface area (Å²) in [5.74, 6) is 6.51. The average molecular weight is 189 g/mol. The Balaban J connectivity index is 2.54. The van der Waals surface area contributed by atoms with Gasteiger partial charge >= 0.3 is 0 Å². The molecule has 1 atom stereocenters. The maximum Gasteiger partial charge on any atom is 0.144 e. The van der Waals surface area contributed by atoms with Gasteiger partial charge in [-0.2, -0.15) is 0 Å². The largest absolute Gasteiger partial charge is 0.321 e. The molecule has 1 aromatic heterocycles. The molecule has 1 aromatic rings. The fourth-order valence-corrected chi connectivity index (χ4v) is 1.08. The predicted molar refractivity (Wildman–Crippen MR) is 56.4 cm³/mol. The van der Waals surface area contributed by atoms with Crippen molar-refractivity contribution in [3.8, 4) is 11.8 Å². The van der Waals surface area contributed by atoms with Crippen molar-refractivity contribution in [2.75, 3.05) is 0 Å². The van der Waals surface area contributed by atoms with Crippen LogP contribution in [0.2, 0.25) is 0 Å². The van der Waals surface area contributed by atoms with Crippen LogP contribution in [0.4, 0.5) is 0 Å². The second-order valence-electron chi connectivity index (χ2n) is 3.19. The zero-order valence-electron chi connectivity index (χ0n) is 8.62. The van der Waals surface area contributed by atoms with Crippen LogP contribution in [0.15, 0.2) is 12.4 Å². The summed E-state index contributed by atoms with van der Waals surface area (Å²) in [6.45, 7) is 3.78. The fourth-order valence-electron chi connectivity index (χ4n) is 1.08. The van der Waals surface area contributed by atoms with E-state index in [0.717, 1.165) is 18.4 Å². The van der Waals surface area contributed by atoms with Gasteiger partial charge in [-0.3, -0.25) is 0 Å². The summed E-state index contributed by atoms with van der Waals surface area (Å²) in [7, 11) is 0. The van der Waals surface area contributed by atoms with Crippen LogP contribution in [0.1, 0.15) is 37.2 Å². The van der Waals surface area contributed by atoms with Crippen LogP contribution in [-0.2, 0) is 0 Å². The minimum Gasteiger partial charge on any atom is -0.321 e. The van der Waals surface area contributed by atoms with Crippen molar-refractivity contribution >= 4 is 0 Å². The molecule has 14 heavy (non-hydrogen) atoms. The van der Waals surface area contributed by atoms with E-state index < -0.39 is 0 Å². The smallest absolute Gasteiger partial charge is 0.144 e. The molecular formula is C11H15N3. The number of nitrogens with two attached hydrogens (primary N) is 1. The van der Waals surface area contributed by atoms with E-state index in [4.69, 9.17) is 5.73 Å². The van der Waals surface area contributed by atoms with Gasteiger partial charge in [0.1, 0.15) is 5.82 Å². The van der Waals surface area contributed by atoms with Crippen molar-refractivity contribution in [1.82, 2.24) is 9.97 Å². The molecule has 0 saturated carbocycles. The summed E-state index contributed by atoms with van der Waals surface area (Å²) in [6, 6.07) is -0.101. The average Bonchev–Trinajstić information content (AvgIpc) is 2.19. The summed E-state index contributed by atoms with van der Waals surface area (Å²) >= 11 is 0. The Bertz CT molecular complexity index is 332. The second-order valence-corrected chi connectivity index (χ2v) is 3.19. The van der Waals surface area contributed by atoms with Gasteiger partial charge in [0.15, 0.2) is 0 Å². The highest BCUT2D eigenvalue weighted by Crippen LogP contribution is 2.10. The number of hydrogen-bond donors (Lipinski definition) is 1. The van der Waals surface area contributed by atoms with Gasteiger partial charge in [0.05, 0.1) is 6.04 Å². The minimum atomic E-state index is -0.101. The lowest BCUT2D eigenvalue weighted by atomic mass is 10.1. The number of rotatable bonds is 3. The molecular weight excluding hydrogens is 174 g/mol. The van der Waals surface area contributed by atoms with Gasteiger partial charge < -0.3 is 5.73 Å². The van der Waals surface area contributed by atoms with Crippen molar-refractivity contribution in [3.63, 3.8) is 0 Å².